The first-order valence-corrected chi connectivity index (χ1v) is 9.31. The molecule has 0 amide bonds. The molecule has 2 aromatic carbocycles. The molecule has 0 aliphatic heterocycles. The van der Waals surface area contributed by atoms with Gasteiger partial charge < -0.3 is 4.74 Å². The van der Waals surface area contributed by atoms with Gasteiger partial charge in [0.1, 0.15) is 0 Å². The summed E-state index contributed by atoms with van der Waals surface area (Å²) >= 11 is 1.60. The van der Waals surface area contributed by atoms with Crippen molar-refractivity contribution in [2.45, 2.75) is 25.4 Å². The summed E-state index contributed by atoms with van der Waals surface area (Å²) in [6.45, 7) is 4.76. The molecule has 0 saturated carbocycles. The van der Waals surface area contributed by atoms with Crippen LogP contribution < -0.4 is 5.56 Å². The van der Waals surface area contributed by atoms with Crippen molar-refractivity contribution in [3.05, 3.63) is 63.9 Å². The second-order valence-electron chi connectivity index (χ2n) is 6.04. The Morgan fingerprint density at radius 1 is 1.16 bits per heavy atom. The van der Waals surface area contributed by atoms with Gasteiger partial charge in [-0.25, -0.2) is 4.98 Å². The average molecular weight is 354 g/mol. The molecule has 0 spiro atoms. The lowest BCUT2D eigenvalue weighted by Gasteiger charge is -2.15. The maximum Gasteiger partial charge on any atom is 0.266 e. The van der Waals surface area contributed by atoms with Crippen LogP contribution in [0.1, 0.15) is 17.5 Å². The van der Waals surface area contributed by atoms with Crippen molar-refractivity contribution in [2.24, 2.45) is 0 Å². The monoisotopic (exact) mass is 354 g/mol. The SMILES string of the molecule is COCCCSc1nc2ccccc2c(=O)n1-c1cc(C)ccc1C. The third-order valence-electron chi connectivity index (χ3n) is 4.07. The van der Waals surface area contributed by atoms with Crippen LogP contribution in [0.3, 0.4) is 0 Å². The van der Waals surface area contributed by atoms with E-state index in [1.807, 2.05) is 50.2 Å². The molecule has 3 aromatic rings. The van der Waals surface area contributed by atoms with E-state index in [1.165, 1.54) is 0 Å². The number of methoxy groups -OCH3 is 1. The number of fused-ring (bicyclic) bond motifs is 1. The van der Waals surface area contributed by atoms with Crippen LogP contribution in [0.4, 0.5) is 0 Å². The fraction of sp³-hybridized carbons (Fsp3) is 0.300. The van der Waals surface area contributed by atoms with Crippen LogP contribution >= 0.6 is 11.8 Å². The molecule has 0 N–H and O–H groups in total. The van der Waals surface area contributed by atoms with Gasteiger partial charge in [0, 0.05) is 19.5 Å². The van der Waals surface area contributed by atoms with Crippen molar-refractivity contribution in [2.75, 3.05) is 19.5 Å². The lowest BCUT2D eigenvalue weighted by atomic mass is 10.1. The van der Waals surface area contributed by atoms with Gasteiger partial charge in [0.05, 0.1) is 16.6 Å². The number of hydrogen-bond donors (Lipinski definition) is 0. The third-order valence-corrected chi connectivity index (χ3v) is 5.10. The Bertz CT molecular complexity index is 950. The molecular formula is C20H22N2O2S. The van der Waals surface area contributed by atoms with Crippen LogP contribution in [0, 0.1) is 13.8 Å². The van der Waals surface area contributed by atoms with Crippen molar-refractivity contribution in [1.29, 1.82) is 0 Å². The second-order valence-corrected chi connectivity index (χ2v) is 7.10. The number of aromatic nitrogens is 2. The molecular weight excluding hydrogens is 332 g/mol. The number of thioether (sulfide) groups is 1. The van der Waals surface area contributed by atoms with Crippen LogP contribution in [0.5, 0.6) is 0 Å². The van der Waals surface area contributed by atoms with E-state index in [9.17, 15) is 4.79 Å². The molecule has 0 radical (unpaired) electrons. The summed E-state index contributed by atoms with van der Waals surface area (Å²) < 4.78 is 6.87. The zero-order chi connectivity index (χ0) is 17.8. The zero-order valence-electron chi connectivity index (χ0n) is 14.8. The molecule has 4 nitrogen and oxygen atoms in total. The van der Waals surface area contributed by atoms with Gasteiger partial charge in [-0.2, -0.15) is 0 Å². The summed E-state index contributed by atoms with van der Waals surface area (Å²) in [4.78, 5) is 18.0. The Morgan fingerprint density at radius 2 is 1.96 bits per heavy atom. The molecule has 3 rings (SSSR count). The predicted octanol–water partition coefficient (Wildman–Crippen LogP) is 4.13. The van der Waals surface area contributed by atoms with Gasteiger partial charge in [-0.1, -0.05) is 36.0 Å². The van der Waals surface area contributed by atoms with E-state index in [0.717, 1.165) is 39.7 Å². The average Bonchev–Trinajstić information content (AvgIpc) is 2.61. The predicted molar refractivity (Wildman–Crippen MR) is 104 cm³/mol. The van der Waals surface area contributed by atoms with E-state index in [2.05, 4.69) is 6.07 Å². The van der Waals surface area contributed by atoms with Crippen molar-refractivity contribution >= 4 is 22.7 Å². The van der Waals surface area contributed by atoms with Gasteiger partial charge in [0.2, 0.25) is 0 Å². The first-order chi connectivity index (χ1) is 12.1. The highest BCUT2D eigenvalue weighted by molar-refractivity contribution is 7.99. The van der Waals surface area contributed by atoms with E-state index in [-0.39, 0.29) is 5.56 Å². The standard InChI is InChI=1S/C20H22N2O2S/c1-14-9-10-15(2)18(13-14)22-19(23)16-7-4-5-8-17(16)21-20(22)25-12-6-11-24-3/h4-5,7-10,13H,6,11-12H2,1-3H3. The number of hydrogen-bond acceptors (Lipinski definition) is 4. The van der Waals surface area contributed by atoms with Crippen LogP contribution in [0.2, 0.25) is 0 Å². The Labute approximate surface area is 151 Å². The number of rotatable bonds is 6. The highest BCUT2D eigenvalue weighted by Crippen LogP contribution is 2.24. The number of ether oxygens (including phenoxy) is 1. The van der Waals surface area contributed by atoms with E-state index in [0.29, 0.717) is 12.0 Å². The molecule has 25 heavy (non-hydrogen) atoms. The maximum atomic E-state index is 13.2. The molecule has 0 atom stereocenters. The molecule has 1 aromatic heterocycles. The molecule has 0 fully saturated rings. The van der Waals surface area contributed by atoms with Crippen molar-refractivity contribution < 1.29 is 4.74 Å². The van der Waals surface area contributed by atoms with Gasteiger partial charge in [-0.05, 0) is 49.6 Å². The Kier molecular flexibility index (Phi) is 5.56. The Balaban J connectivity index is 2.18. The maximum absolute atomic E-state index is 13.2. The zero-order valence-corrected chi connectivity index (χ0v) is 15.6. The van der Waals surface area contributed by atoms with Gasteiger partial charge >= 0.3 is 0 Å². The second kappa shape index (κ2) is 7.85. The van der Waals surface area contributed by atoms with E-state index >= 15 is 0 Å². The van der Waals surface area contributed by atoms with Gasteiger partial charge in [-0.15, -0.1) is 0 Å². The highest BCUT2D eigenvalue weighted by atomic mass is 32.2. The number of nitrogens with zero attached hydrogens (tertiary/aromatic N) is 2. The normalized spacial score (nSPS) is 11.2. The molecule has 0 aliphatic rings. The molecule has 0 saturated heterocycles. The van der Waals surface area contributed by atoms with Crippen LogP contribution in [-0.2, 0) is 4.74 Å². The van der Waals surface area contributed by atoms with Crippen molar-refractivity contribution in [1.82, 2.24) is 9.55 Å². The van der Waals surface area contributed by atoms with E-state index in [4.69, 9.17) is 9.72 Å². The summed E-state index contributed by atoms with van der Waals surface area (Å²) in [5, 5.41) is 1.37. The largest absolute Gasteiger partial charge is 0.385 e. The third kappa shape index (κ3) is 3.78. The van der Waals surface area contributed by atoms with Gasteiger partial charge in [0.15, 0.2) is 5.16 Å². The van der Waals surface area contributed by atoms with Gasteiger partial charge in [-0.3, -0.25) is 9.36 Å². The smallest absolute Gasteiger partial charge is 0.266 e. The number of para-hydroxylation sites is 1. The lowest BCUT2D eigenvalue weighted by Crippen LogP contribution is -2.22. The van der Waals surface area contributed by atoms with Crippen molar-refractivity contribution in [3.8, 4) is 5.69 Å². The summed E-state index contributed by atoms with van der Waals surface area (Å²) in [7, 11) is 1.70. The molecule has 0 bridgehead atoms. The van der Waals surface area contributed by atoms with Crippen LogP contribution in [-0.4, -0.2) is 29.0 Å². The quantitative estimate of drug-likeness (QED) is 0.379. The number of benzene rings is 2. The molecule has 0 unspecified atom stereocenters. The van der Waals surface area contributed by atoms with Crippen molar-refractivity contribution in [3.63, 3.8) is 0 Å². The number of aryl methyl sites for hydroxylation is 2. The Morgan fingerprint density at radius 3 is 2.76 bits per heavy atom. The molecule has 0 aliphatic carbocycles. The summed E-state index contributed by atoms with van der Waals surface area (Å²) in [5.41, 5.74) is 3.80. The fourth-order valence-corrected chi connectivity index (χ4v) is 3.67. The fourth-order valence-electron chi connectivity index (χ4n) is 2.75. The molecule has 5 heteroatoms. The first-order valence-electron chi connectivity index (χ1n) is 8.33. The highest BCUT2D eigenvalue weighted by Gasteiger charge is 2.14. The minimum Gasteiger partial charge on any atom is -0.385 e. The topological polar surface area (TPSA) is 44.1 Å². The Hall–Kier alpha value is -2.11. The minimum absolute atomic E-state index is 0.0199. The van der Waals surface area contributed by atoms with E-state index in [1.54, 1.807) is 23.4 Å². The van der Waals surface area contributed by atoms with Crippen LogP contribution in [0.15, 0.2) is 52.4 Å². The van der Waals surface area contributed by atoms with Crippen LogP contribution in [0.25, 0.3) is 16.6 Å². The summed E-state index contributed by atoms with van der Waals surface area (Å²) in [5.74, 6) is 0.851. The minimum atomic E-state index is -0.0199. The molecule has 130 valence electrons. The summed E-state index contributed by atoms with van der Waals surface area (Å²) in [6, 6.07) is 13.7. The van der Waals surface area contributed by atoms with Gasteiger partial charge in [0.25, 0.3) is 5.56 Å². The molecule has 1 heterocycles. The lowest BCUT2D eigenvalue weighted by molar-refractivity contribution is 0.200. The van der Waals surface area contributed by atoms with E-state index < -0.39 is 0 Å². The summed E-state index contributed by atoms with van der Waals surface area (Å²) in [6.07, 6.45) is 0.913. The first kappa shape index (κ1) is 17.7.